The Morgan fingerprint density at radius 3 is 2.79 bits per heavy atom. The average Bonchev–Trinajstić information content (AvgIpc) is 3.13. The van der Waals surface area contributed by atoms with E-state index in [1.54, 1.807) is 16.0 Å². The van der Waals surface area contributed by atoms with E-state index in [1.165, 1.54) is 0 Å². The molecule has 1 atom stereocenters. The summed E-state index contributed by atoms with van der Waals surface area (Å²) in [5, 5.41) is 0. The van der Waals surface area contributed by atoms with E-state index in [9.17, 15) is 9.59 Å². The van der Waals surface area contributed by atoms with Crippen molar-refractivity contribution in [2.75, 3.05) is 37.6 Å². The molecule has 0 bridgehead atoms. The molecule has 0 N–H and O–H groups in total. The van der Waals surface area contributed by atoms with Crippen LogP contribution in [0.3, 0.4) is 0 Å². The van der Waals surface area contributed by atoms with E-state index < -0.39 is 0 Å². The van der Waals surface area contributed by atoms with Crippen molar-refractivity contribution in [1.82, 2.24) is 14.8 Å². The number of amides is 2. The first-order valence-corrected chi connectivity index (χ1v) is 9.85. The molecule has 2 saturated heterocycles. The van der Waals surface area contributed by atoms with Crippen molar-refractivity contribution in [3.63, 3.8) is 0 Å². The molecule has 2 aliphatic rings. The lowest BCUT2D eigenvalue weighted by molar-refractivity contribution is -0.129. The van der Waals surface area contributed by atoms with E-state index in [1.807, 2.05) is 39.2 Å². The van der Waals surface area contributed by atoms with Gasteiger partial charge < -0.3 is 4.90 Å². The first kappa shape index (κ1) is 20.3. The molecular formula is C20H27BN5O2. The Bertz CT molecular complexity index is 774. The van der Waals surface area contributed by atoms with Crippen LogP contribution in [0.1, 0.15) is 19.8 Å². The highest BCUT2D eigenvalue weighted by Crippen LogP contribution is 2.23. The summed E-state index contributed by atoms with van der Waals surface area (Å²) >= 11 is 0. The molecule has 147 valence electrons. The van der Waals surface area contributed by atoms with Gasteiger partial charge in [0.25, 0.3) is 5.91 Å². The summed E-state index contributed by atoms with van der Waals surface area (Å²) in [7, 11) is 1.93. The second-order valence-corrected chi connectivity index (χ2v) is 7.07. The number of hydrogen-bond donors (Lipinski definition) is 0. The zero-order valence-corrected chi connectivity index (χ0v) is 16.7. The molecule has 0 aliphatic carbocycles. The smallest absolute Gasteiger partial charge is 0.271 e. The highest BCUT2D eigenvalue weighted by atomic mass is 16.2. The Kier molecular flexibility index (Phi) is 6.62. The van der Waals surface area contributed by atoms with Crippen molar-refractivity contribution in [1.29, 1.82) is 0 Å². The van der Waals surface area contributed by atoms with Crippen molar-refractivity contribution in [2.24, 2.45) is 4.99 Å². The third-order valence-electron chi connectivity index (χ3n) is 5.23. The van der Waals surface area contributed by atoms with Gasteiger partial charge in [-0.25, -0.2) is 4.98 Å². The van der Waals surface area contributed by atoms with Crippen molar-refractivity contribution >= 4 is 36.7 Å². The quantitative estimate of drug-likeness (QED) is 0.414. The van der Waals surface area contributed by atoms with Crippen LogP contribution < -0.4 is 10.5 Å². The molecule has 1 aromatic heterocycles. The maximum atomic E-state index is 12.5. The van der Waals surface area contributed by atoms with Crippen molar-refractivity contribution in [3.8, 4) is 0 Å². The van der Waals surface area contributed by atoms with E-state index >= 15 is 0 Å². The molecule has 3 rings (SSSR count). The molecule has 2 fully saturated rings. The summed E-state index contributed by atoms with van der Waals surface area (Å²) in [6.07, 6.45) is 2.97. The molecular weight excluding hydrogens is 353 g/mol. The molecule has 0 saturated carbocycles. The summed E-state index contributed by atoms with van der Waals surface area (Å²) in [6, 6.07) is 5.89. The van der Waals surface area contributed by atoms with Crippen molar-refractivity contribution < 1.29 is 9.59 Å². The number of hydrogen-bond acceptors (Lipinski definition) is 5. The van der Waals surface area contributed by atoms with Crippen LogP contribution in [0.15, 0.2) is 35.5 Å². The van der Waals surface area contributed by atoms with E-state index in [-0.39, 0.29) is 23.6 Å². The molecule has 2 amide bonds. The topological polar surface area (TPSA) is 69.1 Å². The molecule has 1 aromatic rings. The number of anilines is 1. The van der Waals surface area contributed by atoms with Gasteiger partial charge in [-0.2, -0.15) is 0 Å². The van der Waals surface area contributed by atoms with E-state index in [0.717, 1.165) is 25.1 Å². The zero-order valence-electron chi connectivity index (χ0n) is 16.7. The normalized spacial score (nSPS) is 20.8. The summed E-state index contributed by atoms with van der Waals surface area (Å²) in [4.78, 5) is 39.5. The number of nitrogens with zero attached hydrogens (tertiary/aromatic N) is 5. The van der Waals surface area contributed by atoms with Gasteiger partial charge in [-0.05, 0) is 18.1 Å². The van der Waals surface area contributed by atoms with Crippen LogP contribution in [0, 0.1) is 0 Å². The van der Waals surface area contributed by atoms with Gasteiger partial charge in [0.15, 0.2) is 7.28 Å². The molecule has 3 heterocycles. The molecule has 2 aliphatic heterocycles. The lowest BCUT2D eigenvalue weighted by Gasteiger charge is -2.37. The number of piperazine rings is 1. The van der Waals surface area contributed by atoms with Crippen LogP contribution in [0.4, 0.5) is 5.82 Å². The Balaban J connectivity index is 1.56. The van der Waals surface area contributed by atoms with E-state index in [0.29, 0.717) is 31.9 Å². The monoisotopic (exact) mass is 380 g/mol. The number of carbonyl (C=O) groups is 2. The van der Waals surface area contributed by atoms with Crippen LogP contribution in [-0.4, -0.2) is 78.9 Å². The molecule has 0 spiro atoms. The van der Waals surface area contributed by atoms with E-state index in [4.69, 9.17) is 0 Å². The minimum atomic E-state index is -0.106. The highest BCUT2D eigenvalue weighted by Gasteiger charge is 2.36. The fourth-order valence-electron chi connectivity index (χ4n) is 3.63. The minimum Gasteiger partial charge on any atom is -0.335 e. The van der Waals surface area contributed by atoms with Gasteiger partial charge in [-0.1, -0.05) is 32.5 Å². The molecule has 8 heteroatoms. The van der Waals surface area contributed by atoms with Gasteiger partial charge in [0.05, 0.1) is 0 Å². The number of pyridine rings is 1. The Hall–Kier alpha value is -2.48. The zero-order chi connectivity index (χ0) is 20.1. The average molecular weight is 380 g/mol. The molecule has 1 unspecified atom stereocenters. The molecule has 0 aromatic carbocycles. The third kappa shape index (κ3) is 4.50. The Labute approximate surface area is 167 Å². The lowest BCUT2D eigenvalue weighted by atomic mass is 9.78. The maximum absolute atomic E-state index is 12.5. The number of aliphatic imine (C=N–C) groups is 1. The second-order valence-electron chi connectivity index (χ2n) is 7.07. The van der Waals surface area contributed by atoms with Gasteiger partial charge in [0.1, 0.15) is 11.5 Å². The van der Waals surface area contributed by atoms with E-state index in [2.05, 4.69) is 21.5 Å². The highest BCUT2D eigenvalue weighted by molar-refractivity contribution is 6.50. The predicted octanol–water partition coefficient (Wildman–Crippen LogP) is 0.703. The standard InChI is InChI=1S/C20H27BN5O2/c1-4-8-22-15(2)20(28)25-11-9-24(10-12-25)16-13-19(27)26(14-16)18-7-5-6-17(21-3)23-18/h5-8,16H,2,4,9-14H2,1,3H3. The summed E-state index contributed by atoms with van der Waals surface area (Å²) in [5.41, 5.74) is 1.16. The van der Waals surface area contributed by atoms with Crippen LogP contribution >= 0.6 is 0 Å². The number of aromatic nitrogens is 1. The van der Waals surface area contributed by atoms with Crippen LogP contribution in [0.25, 0.3) is 0 Å². The third-order valence-corrected chi connectivity index (χ3v) is 5.23. The predicted molar refractivity (Wildman–Crippen MR) is 112 cm³/mol. The largest absolute Gasteiger partial charge is 0.335 e. The maximum Gasteiger partial charge on any atom is 0.271 e. The summed E-state index contributed by atoms with van der Waals surface area (Å²) in [6.45, 7) is 11.1. The van der Waals surface area contributed by atoms with Gasteiger partial charge in [0, 0.05) is 51.4 Å². The molecule has 7 nitrogen and oxygen atoms in total. The van der Waals surface area contributed by atoms with Crippen LogP contribution in [-0.2, 0) is 9.59 Å². The Morgan fingerprint density at radius 2 is 2.11 bits per heavy atom. The van der Waals surface area contributed by atoms with Gasteiger partial charge in [-0.3, -0.25) is 24.4 Å². The fourth-order valence-corrected chi connectivity index (χ4v) is 3.63. The van der Waals surface area contributed by atoms with Crippen LogP contribution in [0.5, 0.6) is 0 Å². The van der Waals surface area contributed by atoms with Gasteiger partial charge >= 0.3 is 0 Å². The van der Waals surface area contributed by atoms with Crippen molar-refractivity contribution in [2.45, 2.75) is 32.6 Å². The SMILES string of the molecule is C=C(N=CCC)C(=O)N1CCN(C2CC(=O)N(c3cccc([B]C)n3)C2)CC1. The first-order chi connectivity index (χ1) is 13.5. The minimum absolute atomic E-state index is 0.103. The molecule has 1 radical (unpaired) electrons. The first-order valence-electron chi connectivity index (χ1n) is 9.85. The van der Waals surface area contributed by atoms with Gasteiger partial charge in [0.2, 0.25) is 5.91 Å². The van der Waals surface area contributed by atoms with Crippen molar-refractivity contribution in [3.05, 3.63) is 30.5 Å². The number of rotatable bonds is 6. The number of carbonyl (C=O) groups excluding carboxylic acids is 2. The summed E-state index contributed by atoms with van der Waals surface area (Å²) < 4.78 is 0. The second kappa shape index (κ2) is 9.14. The molecule has 28 heavy (non-hydrogen) atoms. The Morgan fingerprint density at radius 1 is 1.36 bits per heavy atom. The van der Waals surface area contributed by atoms with Gasteiger partial charge in [-0.15, -0.1) is 0 Å². The van der Waals surface area contributed by atoms with Crippen LogP contribution in [0.2, 0.25) is 6.82 Å². The summed E-state index contributed by atoms with van der Waals surface area (Å²) in [5.74, 6) is 0.707. The fraction of sp³-hybridized carbons (Fsp3) is 0.500. The lowest BCUT2D eigenvalue weighted by Crippen LogP contribution is -2.52.